The lowest BCUT2D eigenvalue weighted by molar-refractivity contribution is 0.203. The SMILES string of the molecule is COc1ccc2c(c1)OCC([C@H](C)N)C2. The van der Waals surface area contributed by atoms with Crippen LogP contribution in [0.4, 0.5) is 0 Å². The van der Waals surface area contributed by atoms with Gasteiger partial charge in [-0.2, -0.15) is 0 Å². The van der Waals surface area contributed by atoms with E-state index >= 15 is 0 Å². The van der Waals surface area contributed by atoms with Gasteiger partial charge in [0, 0.05) is 18.0 Å². The maximum atomic E-state index is 5.88. The van der Waals surface area contributed by atoms with Gasteiger partial charge in [-0.25, -0.2) is 0 Å². The molecular weight excluding hydrogens is 190 g/mol. The molecule has 2 rings (SSSR count). The lowest BCUT2D eigenvalue weighted by atomic mass is 9.92. The molecule has 3 nitrogen and oxygen atoms in total. The molecule has 82 valence electrons. The Labute approximate surface area is 90.2 Å². The Bertz CT molecular complexity index is 349. The second-order valence-corrected chi connectivity index (χ2v) is 4.11. The van der Waals surface area contributed by atoms with Gasteiger partial charge in [0.15, 0.2) is 0 Å². The summed E-state index contributed by atoms with van der Waals surface area (Å²) < 4.78 is 10.8. The summed E-state index contributed by atoms with van der Waals surface area (Å²) in [7, 11) is 1.66. The summed E-state index contributed by atoms with van der Waals surface area (Å²) in [4.78, 5) is 0. The highest BCUT2D eigenvalue weighted by Crippen LogP contribution is 2.31. The number of benzene rings is 1. The van der Waals surface area contributed by atoms with Gasteiger partial charge in [-0.1, -0.05) is 6.07 Å². The highest BCUT2D eigenvalue weighted by molar-refractivity contribution is 5.42. The lowest BCUT2D eigenvalue weighted by Crippen LogP contribution is -2.35. The van der Waals surface area contributed by atoms with Gasteiger partial charge in [0.05, 0.1) is 13.7 Å². The maximum Gasteiger partial charge on any atom is 0.126 e. The van der Waals surface area contributed by atoms with Crippen LogP contribution in [0.15, 0.2) is 18.2 Å². The average molecular weight is 207 g/mol. The van der Waals surface area contributed by atoms with E-state index in [-0.39, 0.29) is 6.04 Å². The van der Waals surface area contributed by atoms with Crippen molar-refractivity contribution in [3.63, 3.8) is 0 Å². The van der Waals surface area contributed by atoms with E-state index in [2.05, 4.69) is 6.07 Å². The van der Waals surface area contributed by atoms with Gasteiger partial charge in [0.1, 0.15) is 11.5 Å². The van der Waals surface area contributed by atoms with Crippen molar-refractivity contribution in [1.82, 2.24) is 0 Å². The highest BCUT2D eigenvalue weighted by atomic mass is 16.5. The maximum absolute atomic E-state index is 5.88. The van der Waals surface area contributed by atoms with Crippen LogP contribution in [0.5, 0.6) is 11.5 Å². The molecule has 0 saturated heterocycles. The van der Waals surface area contributed by atoms with Crippen LogP contribution in [0, 0.1) is 5.92 Å². The third kappa shape index (κ3) is 2.07. The molecule has 1 aromatic carbocycles. The van der Waals surface area contributed by atoms with Crippen LogP contribution >= 0.6 is 0 Å². The molecule has 15 heavy (non-hydrogen) atoms. The van der Waals surface area contributed by atoms with Crippen LogP contribution in [-0.2, 0) is 6.42 Å². The normalized spacial score (nSPS) is 21.4. The molecule has 0 spiro atoms. The standard InChI is InChI=1S/C12H17NO2/c1-8(13)10-5-9-3-4-11(14-2)6-12(9)15-7-10/h3-4,6,8,10H,5,7,13H2,1-2H3/t8-,10?/m0/s1. The van der Waals surface area contributed by atoms with Crippen LogP contribution in [0.2, 0.25) is 0 Å². The number of fused-ring (bicyclic) bond motifs is 1. The highest BCUT2D eigenvalue weighted by Gasteiger charge is 2.22. The summed E-state index contributed by atoms with van der Waals surface area (Å²) in [6.45, 7) is 2.74. The zero-order valence-corrected chi connectivity index (χ0v) is 9.19. The Morgan fingerprint density at radius 3 is 3.00 bits per heavy atom. The van der Waals surface area contributed by atoms with E-state index < -0.39 is 0 Å². The van der Waals surface area contributed by atoms with E-state index in [9.17, 15) is 0 Å². The van der Waals surface area contributed by atoms with Gasteiger partial charge >= 0.3 is 0 Å². The van der Waals surface area contributed by atoms with Crippen molar-refractivity contribution in [2.75, 3.05) is 13.7 Å². The van der Waals surface area contributed by atoms with E-state index in [0.717, 1.165) is 17.9 Å². The third-order valence-corrected chi connectivity index (χ3v) is 2.95. The molecule has 2 N–H and O–H groups in total. The Kier molecular flexibility index (Phi) is 2.82. The van der Waals surface area contributed by atoms with E-state index in [1.807, 2.05) is 19.1 Å². The van der Waals surface area contributed by atoms with Crippen molar-refractivity contribution >= 4 is 0 Å². The zero-order chi connectivity index (χ0) is 10.8. The summed E-state index contributed by atoms with van der Waals surface area (Å²) >= 11 is 0. The summed E-state index contributed by atoms with van der Waals surface area (Å²) in [5.74, 6) is 2.20. The van der Waals surface area contributed by atoms with E-state index in [4.69, 9.17) is 15.2 Å². The summed E-state index contributed by atoms with van der Waals surface area (Å²) in [5.41, 5.74) is 7.10. The number of hydrogen-bond acceptors (Lipinski definition) is 3. The zero-order valence-electron chi connectivity index (χ0n) is 9.19. The molecule has 1 aliphatic rings. The smallest absolute Gasteiger partial charge is 0.126 e. The first-order valence-corrected chi connectivity index (χ1v) is 5.26. The minimum atomic E-state index is 0.181. The average Bonchev–Trinajstić information content (AvgIpc) is 2.27. The van der Waals surface area contributed by atoms with Crippen LogP contribution < -0.4 is 15.2 Å². The fraction of sp³-hybridized carbons (Fsp3) is 0.500. The van der Waals surface area contributed by atoms with Crippen molar-refractivity contribution < 1.29 is 9.47 Å². The molecule has 3 heteroatoms. The number of methoxy groups -OCH3 is 1. The van der Waals surface area contributed by atoms with Gasteiger partial charge < -0.3 is 15.2 Å². The first-order valence-electron chi connectivity index (χ1n) is 5.26. The van der Waals surface area contributed by atoms with Crippen molar-refractivity contribution in [3.8, 4) is 11.5 Å². The molecule has 0 aromatic heterocycles. The lowest BCUT2D eigenvalue weighted by Gasteiger charge is -2.27. The molecule has 1 aromatic rings. The van der Waals surface area contributed by atoms with Crippen LogP contribution in [0.3, 0.4) is 0 Å². The van der Waals surface area contributed by atoms with Crippen LogP contribution in [0.1, 0.15) is 12.5 Å². The number of hydrogen-bond donors (Lipinski definition) is 1. The fourth-order valence-corrected chi connectivity index (χ4v) is 1.84. The van der Waals surface area contributed by atoms with Gasteiger partial charge in [-0.15, -0.1) is 0 Å². The Hall–Kier alpha value is -1.22. The topological polar surface area (TPSA) is 44.5 Å². The molecule has 0 amide bonds. The minimum absolute atomic E-state index is 0.181. The van der Waals surface area contributed by atoms with Gasteiger partial charge in [0.2, 0.25) is 0 Å². The number of ether oxygens (including phenoxy) is 2. The summed E-state index contributed by atoms with van der Waals surface area (Å²) in [6, 6.07) is 6.14. The van der Waals surface area contributed by atoms with Crippen LogP contribution in [-0.4, -0.2) is 19.8 Å². The number of rotatable bonds is 2. The van der Waals surface area contributed by atoms with Crippen molar-refractivity contribution in [3.05, 3.63) is 23.8 Å². The van der Waals surface area contributed by atoms with Crippen molar-refractivity contribution in [2.45, 2.75) is 19.4 Å². The molecule has 0 bridgehead atoms. The quantitative estimate of drug-likeness (QED) is 0.801. The largest absolute Gasteiger partial charge is 0.497 e. The van der Waals surface area contributed by atoms with Gasteiger partial charge in [-0.05, 0) is 25.0 Å². The monoisotopic (exact) mass is 207 g/mol. The Balaban J connectivity index is 2.21. The predicted octanol–water partition coefficient (Wildman–Crippen LogP) is 1.59. The molecule has 0 saturated carbocycles. The van der Waals surface area contributed by atoms with Gasteiger partial charge in [-0.3, -0.25) is 0 Å². The van der Waals surface area contributed by atoms with Crippen LogP contribution in [0.25, 0.3) is 0 Å². The second kappa shape index (κ2) is 4.11. The van der Waals surface area contributed by atoms with Gasteiger partial charge in [0.25, 0.3) is 0 Å². The molecule has 1 heterocycles. The molecular formula is C12H17NO2. The fourth-order valence-electron chi connectivity index (χ4n) is 1.84. The first kappa shape index (κ1) is 10.3. The summed E-state index contributed by atoms with van der Waals surface area (Å²) in [6.07, 6.45) is 0.997. The molecule has 1 aliphatic heterocycles. The first-order chi connectivity index (χ1) is 7.20. The number of nitrogens with two attached hydrogens (primary N) is 1. The Morgan fingerprint density at radius 2 is 2.33 bits per heavy atom. The molecule has 2 atom stereocenters. The Morgan fingerprint density at radius 1 is 1.53 bits per heavy atom. The third-order valence-electron chi connectivity index (χ3n) is 2.95. The molecule has 0 aliphatic carbocycles. The van der Waals surface area contributed by atoms with E-state index in [1.165, 1.54) is 5.56 Å². The summed E-state index contributed by atoms with van der Waals surface area (Å²) in [5, 5.41) is 0. The van der Waals surface area contributed by atoms with E-state index in [1.54, 1.807) is 7.11 Å². The van der Waals surface area contributed by atoms with Crippen molar-refractivity contribution in [2.24, 2.45) is 11.7 Å². The van der Waals surface area contributed by atoms with Crippen molar-refractivity contribution in [1.29, 1.82) is 0 Å². The molecule has 0 radical (unpaired) electrons. The molecule has 1 unspecified atom stereocenters. The minimum Gasteiger partial charge on any atom is -0.497 e. The predicted molar refractivity (Wildman–Crippen MR) is 59.3 cm³/mol. The second-order valence-electron chi connectivity index (χ2n) is 4.11. The van der Waals surface area contributed by atoms with E-state index in [0.29, 0.717) is 12.5 Å². The molecule has 0 fully saturated rings.